The lowest BCUT2D eigenvalue weighted by Crippen LogP contribution is -2.50. The van der Waals surface area contributed by atoms with Crippen LogP contribution in [0.1, 0.15) is 52.4 Å². The van der Waals surface area contributed by atoms with Crippen molar-refractivity contribution in [2.45, 2.75) is 64.5 Å². The lowest BCUT2D eigenvalue weighted by molar-refractivity contribution is 0.0924. The number of nitrogens with zero attached hydrogens (tertiary/aromatic N) is 1. The van der Waals surface area contributed by atoms with E-state index in [1.165, 1.54) is 25.7 Å². The summed E-state index contributed by atoms with van der Waals surface area (Å²) < 4.78 is 5.05. The first-order valence-electron chi connectivity index (χ1n) is 7.88. The van der Waals surface area contributed by atoms with E-state index in [0.717, 1.165) is 31.8 Å². The normalized spacial score (nSPS) is 29.3. The number of hydrogen-bond acceptors (Lipinski definition) is 3. The Kier molecular flexibility index (Phi) is 5.49. The number of hydrogen-bond donors (Lipinski definition) is 1. The highest BCUT2D eigenvalue weighted by atomic mass is 16.6. The van der Waals surface area contributed by atoms with Gasteiger partial charge in [0, 0.05) is 25.2 Å². The van der Waals surface area contributed by atoms with Crippen LogP contribution in [0.2, 0.25) is 0 Å². The van der Waals surface area contributed by atoms with E-state index in [4.69, 9.17) is 4.74 Å². The molecule has 0 aromatic heterocycles. The summed E-state index contributed by atoms with van der Waals surface area (Å²) in [6.07, 6.45) is 7.40. The molecule has 2 rings (SSSR count). The summed E-state index contributed by atoms with van der Waals surface area (Å²) in [5, 5.41) is 3.82. The number of carbonyl (C=O) groups is 1. The predicted molar refractivity (Wildman–Crippen MR) is 76.2 cm³/mol. The van der Waals surface area contributed by atoms with Crippen LogP contribution in [0.5, 0.6) is 0 Å². The molecule has 110 valence electrons. The van der Waals surface area contributed by atoms with Crippen molar-refractivity contribution in [2.24, 2.45) is 5.92 Å². The van der Waals surface area contributed by atoms with Crippen molar-refractivity contribution in [1.82, 2.24) is 10.2 Å². The van der Waals surface area contributed by atoms with Crippen LogP contribution in [0.15, 0.2) is 0 Å². The Balaban J connectivity index is 1.72. The van der Waals surface area contributed by atoms with E-state index in [1.807, 2.05) is 11.8 Å². The first-order chi connectivity index (χ1) is 9.20. The number of amides is 1. The summed E-state index contributed by atoms with van der Waals surface area (Å²) >= 11 is 0. The molecule has 4 heteroatoms. The fraction of sp³-hybridized carbons (Fsp3) is 0.933. The zero-order valence-corrected chi connectivity index (χ0v) is 12.4. The average Bonchev–Trinajstić information content (AvgIpc) is 2.42. The highest BCUT2D eigenvalue weighted by Crippen LogP contribution is 2.25. The third-order valence-corrected chi connectivity index (χ3v) is 4.58. The van der Waals surface area contributed by atoms with Crippen LogP contribution in [-0.2, 0) is 4.74 Å². The summed E-state index contributed by atoms with van der Waals surface area (Å²) in [5.41, 5.74) is 0. The Morgan fingerprint density at radius 1 is 1.21 bits per heavy atom. The summed E-state index contributed by atoms with van der Waals surface area (Å²) in [6, 6.07) is 1.27. The van der Waals surface area contributed by atoms with Gasteiger partial charge in [-0.1, -0.05) is 19.8 Å². The minimum Gasteiger partial charge on any atom is -0.450 e. The number of likely N-dealkylation sites (tertiary alicyclic amines) is 1. The van der Waals surface area contributed by atoms with Gasteiger partial charge in [0.05, 0.1) is 6.61 Å². The van der Waals surface area contributed by atoms with Crippen molar-refractivity contribution >= 4 is 6.09 Å². The lowest BCUT2D eigenvalue weighted by Gasteiger charge is -2.37. The number of ether oxygens (including phenoxy) is 1. The maximum absolute atomic E-state index is 11.6. The molecule has 1 amide bonds. The molecule has 2 atom stereocenters. The van der Waals surface area contributed by atoms with E-state index >= 15 is 0 Å². The molecule has 1 aliphatic carbocycles. The number of carbonyl (C=O) groups excluding carboxylic acids is 1. The number of rotatable bonds is 3. The number of piperidine rings is 1. The summed E-state index contributed by atoms with van der Waals surface area (Å²) in [5.74, 6) is 0.803. The second-order valence-corrected chi connectivity index (χ2v) is 6.00. The van der Waals surface area contributed by atoms with Gasteiger partial charge in [0.2, 0.25) is 0 Å². The molecule has 1 aliphatic heterocycles. The van der Waals surface area contributed by atoms with Gasteiger partial charge in [-0.05, 0) is 38.5 Å². The van der Waals surface area contributed by atoms with Crippen LogP contribution < -0.4 is 5.32 Å². The molecule has 0 bridgehead atoms. The van der Waals surface area contributed by atoms with Crippen LogP contribution in [0.3, 0.4) is 0 Å². The van der Waals surface area contributed by atoms with Crippen LogP contribution in [0.25, 0.3) is 0 Å². The molecule has 1 saturated heterocycles. The molecule has 2 aliphatic rings. The van der Waals surface area contributed by atoms with E-state index in [-0.39, 0.29) is 6.09 Å². The molecule has 0 radical (unpaired) electrons. The minimum absolute atomic E-state index is 0.146. The third-order valence-electron chi connectivity index (χ3n) is 4.58. The zero-order valence-electron chi connectivity index (χ0n) is 12.4. The Labute approximate surface area is 116 Å². The smallest absolute Gasteiger partial charge is 0.409 e. The molecule has 1 heterocycles. The molecule has 1 N–H and O–H groups in total. The molecule has 0 unspecified atom stereocenters. The SMILES string of the molecule is CCOC(=O)N1CCC(N[C@@H]2CCCC[C@H]2C)CC1. The third kappa shape index (κ3) is 4.10. The largest absolute Gasteiger partial charge is 0.450 e. The van der Waals surface area contributed by atoms with E-state index in [1.54, 1.807) is 0 Å². The summed E-state index contributed by atoms with van der Waals surface area (Å²) in [4.78, 5) is 13.5. The van der Waals surface area contributed by atoms with Crippen molar-refractivity contribution in [3.8, 4) is 0 Å². The molecule has 0 aromatic carbocycles. The fourth-order valence-corrected chi connectivity index (χ4v) is 3.31. The molecular weight excluding hydrogens is 240 g/mol. The second kappa shape index (κ2) is 7.13. The zero-order chi connectivity index (χ0) is 13.7. The van der Waals surface area contributed by atoms with Gasteiger partial charge in [0.25, 0.3) is 0 Å². The molecule has 19 heavy (non-hydrogen) atoms. The van der Waals surface area contributed by atoms with Crippen LogP contribution >= 0.6 is 0 Å². The predicted octanol–water partition coefficient (Wildman–Crippen LogP) is 2.78. The second-order valence-electron chi connectivity index (χ2n) is 6.00. The molecule has 0 aromatic rings. The van der Waals surface area contributed by atoms with Crippen molar-refractivity contribution in [1.29, 1.82) is 0 Å². The van der Waals surface area contributed by atoms with Crippen molar-refractivity contribution in [3.63, 3.8) is 0 Å². The first-order valence-corrected chi connectivity index (χ1v) is 7.88. The van der Waals surface area contributed by atoms with Gasteiger partial charge in [-0.15, -0.1) is 0 Å². The maximum atomic E-state index is 11.6. The van der Waals surface area contributed by atoms with Gasteiger partial charge in [-0.3, -0.25) is 0 Å². The maximum Gasteiger partial charge on any atom is 0.409 e. The van der Waals surface area contributed by atoms with E-state index < -0.39 is 0 Å². The van der Waals surface area contributed by atoms with E-state index in [0.29, 0.717) is 18.7 Å². The monoisotopic (exact) mass is 268 g/mol. The van der Waals surface area contributed by atoms with Crippen molar-refractivity contribution in [2.75, 3.05) is 19.7 Å². The minimum atomic E-state index is -0.146. The molecule has 1 saturated carbocycles. The highest BCUT2D eigenvalue weighted by molar-refractivity contribution is 5.67. The first kappa shape index (κ1) is 14.6. The van der Waals surface area contributed by atoms with E-state index in [9.17, 15) is 4.79 Å². The molecular formula is C15H28N2O2. The molecule has 2 fully saturated rings. The van der Waals surface area contributed by atoms with Crippen LogP contribution in [0, 0.1) is 5.92 Å². The Morgan fingerprint density at radius 3 is 2.53 bits per heavy atom. The summed E-state index contributed by atoms with van der Waals surface area (Å²) in [6.45, 7) is 6.35. The topological polar surface area (TPSA) is 41.6 Å². The Morgan fingerprint density at radius 2 is 1.89 bits per heavy atom. The van der Waals surface area contributed by atoms with Crippen molar-refractivity contribution in [3.05, 3.63) is 0 Å². The van der Waals surface area contributed by atoms with E-state index in [2.05, 4.69) is 12.2 Å². The number of nitrogens with one attached hydrogen (secondary N) is 1. The fourth-order valence-electron chi connectivity index (χ4n) is 3.31. The Hall–Kier alpha value is -0.770. The molecule has 0 spiro atoms. The standard InChI is InChI=1S/C15H28N2O2/c1-3-19-15(18)17-10-8-13(9-11-17)16-14-7-5-4-6-12(14)2/h12-14,16H,3-11H2,1-2H3/t12-,14-/m1/s1. The van der Waals surface area contributed by atoms with Crippen LogP contribution in [0.4, 0.5) is 4.79 Å². The summed E-state index contributed by atoms with van der Waals surface area (Å²) in [7, 11) is 0. The van der Waals surface area contributed by atoms with Gasteiger partial charge in [-0.2, -0.15) is 0 Å². The van der Waals surface area contributed by atoms with Gasteiger partial charge < -0.3 is 15.0 Å². The quantitative estimate of drug-likeness (QED) is 0.855. The van der Waals surface area contributed by atoms with Crippen LogP contribution in [-0.4, -0.2) is 42.8 Å². The van der Waals surface area contributed by atoms with Crippen molar-refractivity contribution < 1.29 is 9.53 Å². The van der Waals surface area contributed by atoms with Gasteiger partial charge in [0.1, 0.15) is 0 Å². The average molecular weight is 268 g/mol. The van der Waals surface area contributed by atoms with Gasteiger partial charge >= 0.3 is 6.09 Å². The van der Waals surface area contributed by atoms with Gasteiger partial charge in [0.15, 0.2) is 0 Å². The lowest BCUT2D eigenvalue weighted by atomic mass is 9.85. The molecule has 4 nitrogen and oxygen atoms in total. The highest BCUT2D eigenvalue weighted by Gasteiger charge is 2.27. The Bertz CT molecular complexity index is 288. The van der Waals surface area contributed by atoms with Gasteiger partial charge in [-0.25, -0.2) is 4.79 Å².